The number of hydrogen-bond acceptors (Lipinski definition) is 11. The molecular formula is C34H47ClN2O11. The minimum atomic E-state index is -1.70. The summed E-state index contributed by atoms with van der Waals surface area (Å²) in [5.41, 5.74) is -2.67. The Balaban J connectivity index is 1.44. The number of Topliss-reactive ketones (excluding diaryl/α,β-unsaturated/α-hetero) is 1. The number of fused-ring (bicyclic) bond motifs is 5. The Kier molecular flexibility index (Phi) is 11.4. The van der Waals surface area contributed by atoms with Gasteiger partial charge in [0.15, 0.2) is 18.0 Å². The van der Waals surface area contributed by atoms with Crippen LogP contribution in [0.2, 0.25) is 0 Å². The maximum atomic E-state index is 14.2. The van der Waals surface area contributed by atoms with Crippen LogP contribution in [0.4, 0.5) is 0 Å². The highest BCUT2D eigenvalue weighted by Gasteiger charge is 2.76. The van der Waals surface area contributed by atoms with Gasteiger partial charge < -0.3 is 24.7 Å². The lowest BCUT2D eigenvalue weighted by molar-refractivity contribution is -0.757. The molecule has 0 aliphatic heterocycles. The van der Waals surface area contributed by atoms with Gasteiger partial charge in [0.2, 0.25) is 11.7 Å². The Morgan fingerprint density at radius 2 is 1.83 bits per heavy atom. The zero-order valence-electron chi connectivity index (χ0n) is 28.1. The second-order valence-corrected chi connectivity index (χ2v) is 14.7. The first-order valence-corrected chi connectivity index (χ1v) is 17.2. The lowest BCUT2D eigenvalue weighted by atomic mass is 9.45. The van der Waals surface area contributed by atoms with Crippen molar-refractivity contribution in [2.75, 3.05) is 19.8 Å². The SMILES string of the molecule is CCC(=O)O[C@]1(C(=O)COC(=O)CNC(=O)CCCCCCO[N+](=O)[O-])[C@@H](C)C[C@H]2[C@@H]3CCC4=CC(=O)C=C[C@]4(C)[C@@]3(Cl)[C@@H](O)C[C@@]21C. The highest BCUT2D eigenvalue weighted by Crippen LogP contribution is 2.72. The number of ketones is 2. The van der Waals surface area contributed by atoms with Crippen LogP contribution >= 0.6 is 11.6 Å². The van der Waals surface area contributed by atoms with Crippen molar-refractivity contribution in [2.24, 2.45) is 28.6 Å². The molecule has 2 N–H and O–H groups in total. The number of aliphatic hydroxyl groups excluding tert-OH is 1. The minimum absolute atomic E-state index is 0.00539. The van der Waals surface area contributed by atoms with Crippen LogP contribution in [-0.4, -0.2) is 75.9 Å². The van der Waals surface area contributed by atoms with E-state index >= 15 is 0 Å². The number of alkyl halides is 1. The van der Waals surface area contributed by atoms with Crippen molar-refractivity contribution in [3.63, 3.8) is 0 Å². The number of hydrogen-bond donors (Lipinski definition) is 2. The third kappa shape index (κ3) is 6.64. The van der Waals surface area contributed by atoms with E-state index in [1.165, 1.54) is 6.08 Å². The maximum absolute atomic E-state index is 14.2. The first-order chi connectivity index (χ1) is 22.6. The zero-order valence-corrected chi connectivity index (χ0v) is 28.8. The van der Waals surface area contributed by atoms with E-state index < -0.39 is 69.3 Å². The smallest absolute Gasteiger partial charge is 0.325 e. The number of nitrogens with one attached hydrogen (secondary N) is 1. The van der Waals surface area contributed by atoms with Crippen molar-refractivity contribution < 1.29 is 48.5 Å². The molecule has 0 aromatic carbocycles. The molecule has 0 spiro atoms. The van der Waals surface area contributed by atoms with Crippen molar-refractivity contribution in [3.8, 4) is 0 Å². The normalized spacial score (nSPS) is 35.0. The van der Waals surface area contributed by atoms with E-state index in [1.807, 2.05) is 20.8 Å². The van der Waals surface area contributed by atoms with E-state index in [0.29, 0.717) is 44.9 Å². The molecule has 48 heavy (non-hydrogen) atoms. The average molecular weight is 695 g/mol. The van der Waals surface area contributed by atoms with Crippen molar-refractivity contribution in [2.45, 2.75) is 108 Å². The number of carbonyl (C=O) groups is 5. The van der Waals surface area contributed by atoms with Gasteiger partial charge in [0.25, 0.3) is 5.09 Å². The number of unbranched alkanes of at least 4 members (excludes halogenated alkanes) is 3. The fourth-order valence-electron chi connectivity index (χ4n) is 9.09. The third-order valence-electron chi connectivity index (χ3n) is 11.4. The van der Waals surface area contributed by atoms with E-state index in [1.54, 1.807) is 19.1 Å². The fraction of sp³-hybridized carbons (Fsp3) is 0.735. The van der Waals surface area contributed by atoms with Crippen LogP contribution in [0, 0.1) is 38.7 Å². The summed E-state index contributed by atoms with van der Waals surface area (Å²) >= 11 is 7.53. The molecule has 0 bridgehead atoms. The standard InChI is InChI=1S/C34H47ClN2O11/c1-5-29(42)48-34(27(40)20-46-30(43)19-36-28(41)10-8-6-7-9-15-47-37(44)45)21(2)16-25-24-12-11-22-17-23(38)13-14-31(22,3)33(24,35)26(39)18-32(25,34)4/h13-14,17,21,24-26,39H,5-12,15-16,18-20H2,1-4H3,(H,36,41)/t21-,24-,25-,26-,31-,32-,33-,34-/m0/s1. The summed E-state index contributed by atoms with van der Waals surface area (Å²) in [6.45, 7) is 6.10. The first kappa shape index (κ1) is 37.5. The van der Waals surface area contributed by atoms with Crippen LogP contribution in [0.25, 0.3) is 0 Å². The number of allylic oxidation sites excluding steroid dienone is 4. The first-order valence-electron chi connectivity index (χ1n) is 16.8. The maximum Gasteiger partial charge on any atom is 0.325 e. The average Bonchev–Trinajstić information content (AvgIpc) is 3.25. The monoisotopic (exact) mass is 694 g/mol. The summed E-state index contributed by atoms with van der Waals surface area (Å²) in [7, 11) is 0. The van der Waals surface area contributed by atoms with E-state index in [-0.39, 0.29) is 49.4 Å². The number of halogens is 1. The minimum Gasteiger partial charge on any atom is -0.456 e. The topological polar surface area (TPSA) is 188 Å². The van der Waals surface area contributed by atoms with Crippen LogP contribution in [0.15, 0.2) is 23.8 Å². The zero-order chi connectivity index (χ0) is 35.5. The fourth-order valence-corrected chi connectivity index (χ4v) is 9.62. The molecule has 0 radical (unpaired) electrons. The summed E-state index contributed by atoms with van der Waals surface area (Å²) in [4.78, 5) is 77.5. The summed E-state index contributed by atoms with van der Waals surface area (Å²) in [5, 5.41) is 23.7. The summed E-state index contributed by atoms with van der Waals surface area (Å²) in [6, 6.07) is 0. The highest BCUT2D eigenvalue weighted by molar-refractivity contribution is 6.26. The Labute approximate surface area is 285 Å². The van der Waals surface area contributed by atoms with Crippen LogP contribution in [-0.2, 0) is 38.3 Å². The van der Waals surface area contributed by atoms with Gasteiger partial charge in [-0.25, -0.2) is 0 Å². The number of nitrogens with zero attached hydrogens (tertiary/aromatic N) is 1. The molecule has 8 atom stereocenters. The summed E-state index contributed by atoms with van der Waals surface area (Å²) in [5.74, 6) is -3.52. The molecule has 266 valence electrons. The summed E-state index contributed by atoms with van der Waals surface area (Å²) in [6.07, 6.45) is 7.91. The van der Waals surface area contributed by atoms with E-state index in [0.717, 1.165) is 5.57 Å². The molecule has 0 aromatic rings. The molecule has 0 heterocycles. The van der Waals surface area contributed by atoms with E-state index in [4.69, 9.17) is 21.1 Å². The predicted molar refractivity (Wildman–Crippen MR) is 172 cm³/mol. The Bertz CT molecular complexity index is 1380. The molecule has 14 heteroatoms. The van der Waals surface area contributed by atoms with Crippen molar-refractivity contribution in [3.05, 3.63) is 33.9 Å². The number of amides is 1. The Hall–Kier alpha value is -3.32. The van der Waals surface area contributed by atoms with Gasteiger partial charge in [0.05, 0.1) is 17.6 Å². The van der Waals surface area contributed by atoms with Gasteiger partial charge in [-0.05, 0) is 62.5 Å². The lowest BCUT2D eigenvalue weighted by Gasteiger charge is -2.64. The molecule has 0 unspecified atom stereocenters. The van der Waals surface area contributed by atoms with Crippen LogP contribution < -0.4 is 5.32 Å². The van der Waals surface area contributed by atoms with Crippen LogP contribution in [0.1, 0.15) is 91.9 Å². The highest BCUT2D eigenvalue weighted by atomic mass is 35.5. The number of rotatable bonds is 15. The van der Waals surface area contributed by atoms with Gasteiger partial charge in [-0.1, -0.05) is 52.2 Å². The van der Waals surface area contributed by atoms with Gasteiger partial charge in [0, 0.05) is 29.6 Å². The van der Waals surface area contributed by atoms with Crippen molar-refractivity contribution in [1.29, 1.82) is 0 Å². The molecule has 4 aliphatic carbocycles. The molecule has 1 amide bonds. The summed E-state index contributed by atoms with van der Waals surface area (Å²) < 4.78 is 11.4. The van der Waals surface area contributed by atoms with Crippen LogP contribution in [0.5, 0.6) is 0 Å². The Morgan fingerprint density at radius 1 is 1.12 bits per heavy atom. The molecule has 0 aromatic heterocycles. The molecule has 3 saturated carbocycles. The van der Waals surface area contributed by atoms with Gasteiger partial charge >= 0.3 is 11.9 Å². The van der Waals surface area contributed by atoms with Gasteiger partial charge in [-0.15, -0.1) is 21.7 Å². The molecule has 0 saturated heterocycles. The predicted octanol–water partition coefficient (Wildman–Crippen LogP) is 3.95. The van der Waals surface area contributed by atoms with Crippen LogP contribution in [0.3, 0.4) is 0 Å². The molecule has 4 aliphatic rings. The molecule has 3 fully saturated rings. The number of esters is 2. The van der Waals surface area contributed by atoms with E-state index in [9.17, 15) is 39.2 Å². The number of carbonyl (C=O) groups excluding carboxylic acids is 5. The Morgan fingerprint density at radius 3 is 2.52 bits per heavy atom. The molecule has 4 rings (SSSR count). The van der Waals surface area contributed by atoms with Gasteiger partial charge in [-0.3, -0.25) is 24.0 Å². The van der Waals surface area contributed by atoms with Crippen molar-refractivity contribution in [1.82, 2.24) is 5.32 Å². The van der Waals surface area contributed by atoms with E-state index in [2.05, 4.69) is 10.2 Å². The quantitative estimate of drug-likeness (QED) is 0.0830. The van der Waals surface area contributed by atoms with Gasteiger partial charge in [0.1, 0.15) is 6.54 Å². The number of ether oxygens (including phenoxy) is 2. The third-order valence-corrected chi connectivity index (χ3v) is 12.4. The van der Waals surface area contributed by atoms with Gasteiger partial charge in [-0.2, -0.15) is 0 Å². The molecule has 13 nitrogen and oxygen atoms in total. The second kappa shape index (κ2) is 14.7. The second-order valence-electron chi connectivity index (χ2n) is 14.0. The lowest BCUT2D eigenvalue weighted by Crippen LogP contribution is -2.69. The number of aliphatic hydroxyl groups is 1. The molecular weight excluding hydrogens is 648 g/mol. The largest absolute Gasteiger partial charge is 0.456 e. The van der Waals surface area contributed by atoms with Crippen molar-refractivity contribution >= 4 is 41.0 Å².